The van der Waals surface area contributed by atoms with Crippen molar-refractivity contribution in [1.82, 2.24) is 0 Å². The zero-order valence-corrected chi connectivity index (χ0v) is 13.4. The van der Waals surface area contributed by atoms with Gasteiger partial charge < -0.3 is 10.1 Å². The Morgan fingerprint density at radius 3 is 2.43 bits per heavy atom. The average Bonchev–Trinajstić information content (AvgIpc) is 2.42. The largest absolute Gasteiger partial charge is 0.469 e. The van der Waals surface area contributed by atoms with E-state index in [0.29, 0.717) is 25.7 Å². The first-order valence-electron chi connectivity index (χ1n) is 7.30. The molecule has 0 aliphatic carbocycles. The second kappa shape index (κ2) is 7.81. The molecule has 1 aromatic rings. The van der Waals surface area contributed by atoms with E-state index in [-0.39, 0.29) is 17.3 Å². The summed E-state index contributed by atoms with van der Waals surface area (Å²) >= 11 is 0. The van der Waals surface area contributed by atoms with Gasteiger partial charge in [-0.05, 0) is 36.0 Å². The molecule has 1 aromatic carbocycles. The number of amides is 1. The van der Waals surface area contributed by atoms with E-state index in [1.54, 1.807) is 0 Å². The number of benzene rings is 1. The Labute approximate surface area is 126 Å². The Kier molecular flexibility index (Phi) is 6.40. The number of esters is 1. The van der Waals surface area contributed by atoms with Gasteiger partial charge in [-0.3, -0.25) is 9.59 Å². The Morgan fingerprint density at radius 2 is 1.81 bits per heavy atom. The van der Waals surface area contributed by atoms with Gasteiger partial charge in [-0.15, -0.1) is 0 Å². The zero-order chi connectivity index (χ0) is 15.9. The molecule has 0 aliphatic rings. The minimum Gasteiger partial charge on any atom is -0.469 e. The van der Waals surface area contributed by atoms with E-state index in [1.165, 1.54) is 12.7 Å². The van der Waals surface area contributed by atoms with Gasteiger partial charge in [0.2, 0.25) is 5.91 Å². The van der Waals surface area contributed by atoms with Gasteiger partial charge in [0.1, 0.15) is 0 Å². The monoisotopic (exact) mass is 291 g/mol. The van der Waals surface area contributed by atoms with Gasteiger partial charge in [-0.25, -0.2) is 0 Å². The highest BCUT2D eigenvalue weighted by atomic mass is 16.5. The normalized spacial score (nSPS) is 11.0. The van der Waals surface area contributed by atoms with Crippen LogP contribution >= 0.6 is 0 Å². The van der Waals surface area contributed by atoms with E-state index in [0.717, 1.165) is 5.69 Å². The van der Waals surface area contributed by atoms with Crippen LogP contribution in [0, 0.1) is 0 Å². The first-order valence-corrected chi connectivity index (χ1v) is 7.30. The molecule has 0 aromatic heterocycles. The fraction of sp³-hybridized carbons (Fsp3) is 0.529. The number of carbonyl (C=O) groups is 2. The SMILES string of the molecule is COC(=O)CCCCC(=O)Nc1cccc(C(C)(C)C)c1. The smallest absolute Gasteiger partial charge is 0.305 e. The number of anilines is 1. The first-order chi connectivity index (χ1) is 9.82. The lowest BCUT2D eigenvalue weighted by Crippen LogP contribution is -2.14. The van der Waals surface area contributed by atoms with Gasteiger partial charge in [0.15, 0.2) is 0 Å². The van der Waals surface area contributed by atoms with E-state index < -0.39 is 0 Å². The predicted octanol–water partition coefficient (Wildman–Crippen LogP) is 3.66. The van der Waals surface area contributed by atoms with Crippen LogP contribution in [0.5, 0.6) is 0 Å². The van der Waals surface area contributed by atoms with Crippen LogP contribution in [0.1, 0.15) is 52.0 Å². The third-order valence-corrected chi connectivity index (χ3v) is 3.27. The summed E-state index contributed by atoms with van der Waals surface area (Å²) in [6.07, 6.45) is 2.13. The molecule has 21 heavy (non-hydrogen) atoms. The molecule has 0 atom stereocenters. The minimum atomic E-state index is -0.228. The number of hydrogen-bond acceptors (Lipinski definition) is 3. The van der Waals surface area contributed by atoms with Gasteiger partial charge in [0.05, 0.1) is 7.11 Å². The van der Waals surface area contributed by atoms with Crippen LogP contribution in [0.4, 0.5) is 5.69 Å². The maximum Gasteiger partial charge on any atom is 0.305 e. The Bertz CT molecular complexity index is 489. The van der Waals surface area contributed by atoms with Crippen molar-refractivity contribution < 1.29 is 14.3 Å². The number of nitrogens with one attached hydrogen (secondary N) is 1. The van der Waals surface area contributed by atoms with Crippen molar-refractivity contribution in [3.05, 3.63) is 29.8 Å². The molecule has 0 fully saturated rings. The Morgan fingerprint density at radius 1 is 1.14 bits per heavy atom. The molecule has 116 valence electrons. The van der Waals surface area contributed by atoms with E-state index in [1.807, 2.05) is 18.2 Å². The summed E-state index contributed by atoms with van der Waals surface area (Å²) in [5.74, 6) is -0.251. The molecule has 0 spiro atoms. The lowest BCUT2D eigenvalue weighted by atomic mass is 9.87. The standard InChI is InChI=1S/C17H25NO3/c1-17(2,3)13-8-7-9-14(12-13)18-15(19)10-5-6-11-16(20)21-4/h7-9,12H,5-6,10-11H2,1-4H3,(H,18,19). The minimum absolute atomic E-state index is 0.0223. The van der Waals surface area contributed by atoms with E-state index >= 15 is 0 Å². The fourth-order valence-corrected chi connectivity index (χ4v) is 1.94. The number of unbranched alkanes of at least 4 members (excludes halogenated alkanes) is 1. The summed E-state index contributed by atoms with van der Waals surface area (Å²) in [5.41, 5.74) is 2.06. The van der Waals surface area contributed by atoms with Crippen molar-refractivity contribution in [1.29, 1.82) is 0 Å². The average molecular weight is 291 g/mol. The molecule has 4 heteroatoms. The van der Waals surface area contributed by atoms with Crippen LogP contribution in [-0.4, -0.2) is 19.0 Å². The van der Waals surface area contributed by atoms with Crippen LogP contribution in [-0.2, 0) is 19.7 Å². The summed E-state index contributed by atoms with van der Waals surface area (Å²) in [5, 5.41) is 2.90. The number of rotatable bonds is 6. The van der Waals surface area contributed by atoms with Crippen LogP contribution in [0.2, 0.25) is 0 Å². The van der Waals surface area contributed by atoms with Crippen molar-refractivity contribution in [3.8, 4) is 0 Å². The molecule has 1 amide bonds. The molecule has 0 heterocycles. The highest BCUT2D eigenvalue weighted by Gasteiger charge is 2.14. The van der Waals surface area contributed by atoms with Crippen molar-refractivity contribution in [2.45, 2.75) is 51.9 Å². The Balaban J connectivity index is 2.43. The number of hydrogen-bond donors (Lipinski definition) is 1. The molecule has 4 nitrogen and oxygen atoms in total. The lowest BCUT2D eigenvalue weighted by Gasteiger charge is -2.19. The maximum absolute atomic E-state index is 11.9. The molecule has 0 saturated heterocycles. The predicted molar refractivity (Wildman–Crippen MR) is 84.3 cm³/mol. The lowest BCUT2D eigenvalue weighted by molar-refractivity contribution is -0.140. The van der Waals surface area contributed by atoms with Gasteiger partial charge in [-0.1, -0.05) is 32.9 Å². The quantitative estimate of drug-likeness (QED) is 0.643. The fourth-order valence-electron chi connectivity index (χ4n) is 1.94. The third-order valence-electron chi connectivity index (χ3n) is 3.27. The van der Waals surface area contributed by atoms with Crippen molar-refractivity contribution in [2.24, 2.45) is 0 Å². The molecule has 0 bridgehead atoms. The summed E-state index contributed by atoms with van der Waals surface area (Å²) < 4.78 is 4.56. The van der Waals surface area contributed by atoms with E-state index in [4.69, 9.17) is 0 Å². The van der Waals surface area contributed by atoms with Gasteiger partial charge in [0, 0.05) is 18.5 Å². The second-order valence-electron chi connectivity index (χ2n) is 6.16. The topological polar surface area (TPSA) is 55.4 Å². The molecule has 0 unspecified atom stereocenters. The number of ether oxygens (including phenoxy) is 1. The van der Waals surface area contributed by atoms with Crippen molar-refractivity contribution in [2.75, 3.05) is 12.4 Å². The third kappa shape index (κ3) is 6.43. The van der Waals surface area contributed by atoms with Crippen LogP contribution in [0.15, 0.2) is 24.3 Å². The molecule has 0 saturated carbocycles. The first kappa shape index (κ1) is 17.2. The van der Waals surface area contributed by atoms with Crippen molar-refractivity contribution >= 4 is 17.6 Å². The van der Waals surface area contributed by atoms with Gasteiger partial charge in [0.25, 0.3) is 0 Å². The molecular formula is C17H25NO3. The highest BCUT2D eigenvalue weighted by molar-refractivity contribution is 5.90. The molecular weight excluding hydrogens is 266 g/mol. The molecule has 1 rings (SSSR count). The summed E-state index contributed by atoms with van der Waals surface area (Å²) in [7, 11) is 1.37. The molecule has 1 N–H and O–H groups in total. The van der Waals surface area contributed by atoms with E-state index in [2.05, 4.69) is 36.9 Å². The Hall–Kier alpha value is -1.84. The van der Waals surface area contributed by atoms with Gasteiger partial charge in [-0.2, -0.15) is 0 Å². The highest BCUT2D eigenvalue weighted by Crippen LogP contribution is 2.24. The van der Waals surface area contributed by atoms with Gasteiger partial charge >= 0.3 is 5.97 Å². The van der Waals surface area contributed by atoms with Crippen molar-refractivity contribution in [3.63, 3.8) is 0 Å². The zero-order valence-electron chi connectivity index (χ0n) is 13.4. The summed E-state index contributed by atoms with van der Waals surface area (Å²) in [6.45, 7) is 6.42. The summed E-state index contributed by atoms with van der Waals surface area (Å²) in [6, 6.07) is 7.91. The second-order valence-corrected chi connectivity index (χ2v) is 6.16. The number of carbonyl (C=O) groups excluding carboxylic acids is 2. The van der Waals surface area contributed by atoms with Crippen LogP contribution in [0.3, 0.4) is 0 Å². The summed E-state index contributed by atoms with van der Waals surface area (Å²) in [4.78, 5) is 22.8. The molecule has 0 radical (unpaired) electrons. The van der Waals surface area contributed by atoms with Crippen LogP contribution < -0.4 is 5.32 Å². The number of methoxy groups -OCH3 is 1. The van der Waals surface area contributed by atoms with Crippen LogP contribution in [0.25, 0.3) is 0 Å². The molecule has 0 aliphatic heterocycles. The maximum atomic E-state index is 11.9. The van der Waals surface area contributed by atoms with E-state index in [9.17, 15) is 9.59 Å².